The van der Waals surface area contributed by atoms with Crippen molar-refractivity contribution in [3.05, 3.63) is 99.1 Å². The van der Waals surface area contributed by atoms with Gasteiger partial charge in [-0.3, -0.25) is 14.9 Å². The van der Waals surface area contributed by atoms with Gasteiger partial charge in [-0.25, -0.2) is 5.43 Å². The Kier molecular flexibility index (Phi) is 7.56. The molecule has 0 aromatic heterocycles. The normalized spacial score (nSPS) is 10.6. The molecule has 0 radical (unpaired) electrons. The maximum absolute atomic E-state index is 11.9. The number of nitro groups is 1. The lowest BCUT2D eigenvalue weighted by molar-refractivity contribution is -0.385. The minimum atomic E-state index is -0.576. The fourth-order valence-corrected chi connectivity index (χ4v) is 2.64. The molecule has 3 aromatic rings. The smallest absolute Gasteiger partial charge is 0.310 e. The molecule has 8 nitrogen and oxygen atoms in total. The molecule has 0 aliphatic heterocycles. The summed E-state index contributed by atoms with van der Waals surface area (Å²) in [7, 11) is 0. The highest BCUT2D eigenvalue weighted by molar-refractivity contribution is 6.30. The van der Waals surface area contributed by atoms with E-state index in [-0.39, 0.29) is 11.4 Å². The molecule has 1 N–H and O–H groups in total. The van der Waals surface area contributed by atoms with E-state index < -0.39 is 17.4 Å². The van der Waals surface area contributed by atoms with Crippen molar-refractivity contribution in [1.29, 1.82) is 0 Å². The van der Waals surface area contributed by atoms with Crippen LogP contribution in [0.15, 0.2) is 77.9 Å². The average molecular weight is 440 g/mol. The van der Waals surface area contributed by atoms with E-state index in [2.05, 4.69) is 10.5 Å². The minimum absolute atomic E-state index is 0.0113. The van der Waals surface area contributed by atoms with Gasteiger partial charge in [0.25, 0.3) is 5.91 Å². The first-order valence-electron chi connectivity index (χ1n) is 9.17. The molecular weight excluding hydrogens is 422 g/mol. The highest BCUT2D eigenvalue weighted by Crippen LogP contribution is 2.25. The molecule has 0 spiro atoms. The van der Waals surface area contributed by atoms with E-state index in [0.717, 1.165) is 5.56 Å². The minimum Gasteiger partial charge on any atom is -0.489 e. The Bertz CT molecular complexity index is 1090. The number of nitrogens with one attached hydrogen (secondary N) is 1. The van der Waals surface area contributed by atoms with Gasteiger partial charge in [-0.15, -0.1) is 0 Å². The monoisotopic (exact) mass is 439 g/mol. The summed E-state index contributed by atoms with van der Waals surface area (Å²) in [6.07, 6.45) is 1.46. The van der Waals surface area contributed by atoms with E-state index in [4.69, 9.17) is 21.1 Å². The van der Waals surface area contributed by atoms with Gasteiger partial charge < -0.3 is 9.47 Å². The summed E-state index contributed by atoms with van der Waals surface area (Å²) in [5.74, 6) is 0.103. The Balaban J connectivity index is 1.49. The Hall–Kier alpha value is -3.91. The van der Waals surface area contributed by atoms with Gasteiger partial charge in [-0.05, 0) is 41.5 Å². The molecule has 0 unspecified atom stereocenters. The number of halogens is 1. The summed E-state index contributed by atoms with van der Waals surface area (Å²) in [5, 5.41) is 15.5. The Labute approximate surface area is 183 Å². The second kappa shape index (κ2) is 10.7. The third-order valence-corrected chi connectivity index (χ3v) is 4.25. The fourth-order valence-electron chi connectivity index (χ4n) is 2.52. The molecule has 0 heterocycles. The largest absolute Gasteiger partial charge is 0.489 e. The summed E-state index contributed by atoms with van der Waals surface area (Å²) < 4.78 is 11.0. The van der Waals surface area contributed by atoms with Crippen molar-refractivity contribution in [1.82, 2.24) is 5.43 Å². The highest BCUT2D eigenvalue weighted by atomic mass is 35.5. The van der Waals surface area contributed by atoms with Crippen molar-refractivity contribution in [2.24, 2.45) is 5.10 Å². The quantitative estimate of drug-likeness (QED) is 0.303. The Morgan fingerprint density at radius 3 is 2.61 bits per heavy atom. The lowest BCUT2D eigenvalue weighted by atomic mass is 10.2. The summed E-state index contributed by atoms with van der Waals surface area (Å²) in [6, 6.07) is 20.4. The number of hydrogen-bond acceptors (Lipinski definition) is 6. The second-order valence-electron chi connectivity index (χ2n) is 6.29. The van der Waals surface area contributed by atoms with Crippen LogP contribution >= 0.6 is 11.6 Å². The first-order chi connectivity index (χ1) is 15.0. The maximum atomic E-state index is 11.9. The van der Waals surface area contributed by atoms with Crippen molar-refractivity contribution in [2.45, 2.75) is 6.61 Å². The third kappa shape index (κ3) is 6.83. The van der Waals surface area contributed by atoms with Gasteiger partial charge in [-0.1, -0.05) is 48.0 Å². The molecule has 31 heavy (non-hydrogen) atoms. The van der Waals surface area contributed by atoms with E-state index in [1.54, 1.807) is 36.4 Å². The van der Waals surface area contributed by atoms with Crippen molar-refractivity contribution < 1.29 is 19.2 Å². The van der Waals surface area contributed by atoms with Crippen LogP contribution < -0.4 is 14.9 Å². The number of ether oxygens (including phenoxy) is 2. The molecular formula is C22H18ClN3O5. The number of benzene rings is 3. The number of nitrogens with zero attached hydrogens (tertiary/aromatic N) is 2. The number of hydrogen-bond donors (Lipinski definition) is 1. The van der Waals surface area contributed by atoms with E-state index in [1.165, 1.54) is 24.4 Å². The average Bonchev–Trinajstić information content (AvgIpc) is 2.78. The zero-order chi connectivity index (χ0) is 22.1. The first kappa shape index (κ1) is 21.8. The Morgan fingerprint density at radius 2 is 1.84 bits per heavy atom. The Morgan fingerprint density at radius 1 is 1.06 bits per heavy atom. The van der Waals surface area contributed by atoms with Crippen molar-refractivity contribution in [2.75, 3.05) is 6.61 Å². The molecule has 0 atom stereocenters. The van der Waals surface area contributed by atoms with Crippen LogP contribution in [0.1, 0.15) is 11.1 Å². The van der Waals surface area contributed by atoms with Gasteiger partial charge in [0.1, 0.15) is 12.4 Å². The van der Waals surface area contributed by atoms with Crippen molar-refractivity contribution in [3.8, 4) is 11.5 Å². The SMILES string of the molecule is O=C(COc1ccccc1[N+](=O)[O-])NN=Cc1cccc(OCc2ccc(Cl)cc2)c1. The highest BCUT2D eigenvalue weighted by Gasteiger charge is 2.14. The number of nitro benzene ring substituents is 1. The van der Waals surface area contributed by atoms with E-state index in [9.17, 15) is 14.9 Å². The van der Waals surface area contributed by atoms with Crippen LogP contribution in [-0.4, -0.2) is 23.7 Å². The molecule has 0 aliphatic rings. The molecule has 3 rings (SSSR count). The van der Waals surface area contributed by atoms with Crippen LogP contribution in [0.2, 0.25) is 5.02 Å². The van der Waals surface area contributed by atoms with Gasteiger partial charge in [0, 0.05) is 11.1 Å². The molecule has 0 fully saturated rings. The topological polar surface area (TPSA) is 103 Å². The maximum Gasteiger partial charge on any atom is 0.310 e. The van der Waals surface area contributed by atoms with Crippen LogP contribution in [-0.2, 0) is 11.4 Å². The number of rotatable bonds is 9. The molecule has 1 amide bonds. The molecule has 3 aromatic carbocycles. The third-order valence-electron chi connectivity index (χ3n) is 4.00. The van der Waals surface area contributed by atoms with Gasteiger partial charge in [0.05, 0.1) is 11.1 Å². The summed E-state index contributed by atoms with van der Waals surface area (Å²) >= 11 is 5.87. The van der Waals surface area contributed by atoms with Gasteiger partial charge >= 0.3 is 5.69 Å². The van der Waals surface area contributed by atoms with E-state index in [1.807, 2.05) is 18.2 Å². The fraction of sp³-hybridized carbons (Fsp3) is 0.0909. The van der Waals surface area contributed by atoms with Crippen molar-refractivity contribution >= 4 is 29.4 Å². The molecule has 0 saturated carbocycles. The van der Waals surface area contributed by atoms with Crippen molar-refractivity contribution in [3.63, 3.8) is 0 Å². The molecule has 0 aliphatic carbocycles. The predicted octanol–water partition coefficient (Wildman–Crippen LogP) is 4.36. The zero-order valence-electron chi connectivity index (χ0n) is 16.2. The first-order valence-corrected chi connectivity index (χ1v) is 9.54. The number of amides is 1. The number of hydrazone groups is 1. The molecule has 158 valence electrons. The molecule has 9 heteroatoms. The van der Waals surface area contributed by atoms with Crippen LogP contribution in [0, 0.1) is 10.1 Å². The number of carbonyl (C=O) groups is 1. The lowest BCUT2D eigenvalue weighted by Crippen LogP contribution is -2.24. The summed E-state index contributed by atoms with van der Waals surface area (Å²) in [5.41, 5.74) is 3.80. The van der Waals surface area contributed by atoms with Crippen LogP contribution in [0.4, 0.5) is 5.69 Å². The summed E-state index contributed by atoms with van der Waals surface area (Å²) in [4.78, 5) is 22.3. The lowest BCUT2D eigenvalue weighted by Gasteiger charge is -2.07. The molecule has 0 bridgehead atoms. The summed E-state index contributed by atoms with van der Waals surface area (Å²) in [6.45, 7) is -0.0239. The molecule has 0 saturated heterocycles. The number of para-hydroxylation sites is 2. The predicted molar refractivity (Wildman–Crippen MR) is 117 cm³/mol. The zero-order valence-corrected chi connectivity index (χ0v) is 17.0. The van der Waals surface area contributed by atoms with Gasteiger partial charge in [0.2, 0.25) is 0 Å². The van der Waals surface area contributed by atoms with Gasteiger partial charge in [0.15, 0.2) is 12.4 Å². The standard InChI is InChI=1S/C22H18ClN3O5/c23-18-10-8-16(9-11-18)14-30-19-5-3-4-17(12-19)13-24-25-22(27)15-31-21-7-2-1-6-20(21)26(28)29/h1-13H,14-15H2,(H,25,27). The van der Waals surface area contributed by atoms with Gasteiger partial charge in [-0.2, -0.15) is 5.10 Å². The van der Waals surface area contributed by atoms with E-state index in [0.29, 0.717) is 22.9 Å². The van der Waals surface area contributed by atoms with Crippen LogP contribution in [0.5, 0.6) is 11.5 Å². The van der Waals surface area contributed by atoms with Crippen LogP contribution in [0.25, 0.3) is 0 Å². The van der Waals surface area contributed by atoms with Crippen LogP contribution in [0.3, 0.4) is 0 Å². The van der Waals surface area contributed by atoms with E-state index >= 15 is 0 Å². The number of carbonyl (C=O) groups excluding carboxylic acids is 1. The second-order valence-corrected chi connectivity index (χ2v) is 6.73.